The Morgan fingerprint density at radius 2 is 1.74 bits per heavy atom. The number of carbonyl (C=O) groups excluding carboxylic acids is 1. The van der Waals surface area contributed by atoms with E-state index in [0.717, 1.165) is 31.1 Å². The van der Waals surface area contributed by atoms with Crippen molar-refractivity contribution in [3.8, 4) is 5.75 Å². The summed E-state index contributed by atoms with van der Waals surface area (Å²) in [6, 6.07) is 13.0. The number of hydrogen-bond acceptors (Lipinski definition) is 4. The van der Waals surface area contributed by atoms with Gasteiger partial charge in [-0.25, -0.2) is 0 Å². The molecule has 0 aliphatic heterocycles. The third-order valence-corrected chi connectivity index (χ3v) is 6.51. The highest BCUT2D eigenvalue weighted by Crippen LogP contribution is 2.39. The molecule has 1 N–H and O–H groups in total. The van der Waals surface area contributed by atoms with E-state index >= 15 is 0 Å². The van der Waals surface area contributed by atoms with E-state index in [1.54, 1.807) is 0 Å². The summed E-state index contributed by atoms with van der Waals surface area (Å²) < 4.78 is 11.4. The molecule has 1 aliphatic carbocycles. The van der Waals surface area contributed by atoms with Crippen LogP contribution < -0.4 is 10.1 Å². The molecule has 0 spiro atoms. The van der Waals surface area contributed by atoms with E-state index in [2.05, 4.69) is 62.5 Å². The van der Waals surface area contributed by atoms with Crippen LogP contribution in [0.3, 0.4) is 0 Å². The molecule has 0 heterocycles. The van der Waals surface area contributed by atoms with Gasteiger partial charge in [-0.2, -0.15) is 0 Å². The number of nitrogens with one attached hydrogen (secondary N) is 1. The fourth-order valence-electron chi connectivity index (χ4n) is 4.53. The van der Waals surface area contributed by atoms with Crippen molar-refractivity contribution < 1.29 is 14.3 Å². The van der Waals surface area contributed by atoms with Gasteiger partial charge in [0, 0.05) is 12.6 Å². The minimum Gasteiger partial charge on any atom is -0.490 e. The zero-order valence-corrected chi connectivity index (χ0v) is 19.9. The number of ether oxygens (including phenoxy) is 2. The second-order valence-electron chi connectivity index (χ2n) is 10.1. The molecule has 1 fully saturated rings. The quantitative estimate of drug-likeness (QED) is 0.508. The molecule has 0 amide bonds. The predicted molar refractivity (Wildman–Crippen MR) is 127 cm³/mol. The van der Waals surface area contributed by atoms with Gasteiger partial charge in [-0.3, -0.25) is 4.79 Å². The van der Waals surface area contributed by atoms with Crippen molar-refractivity contribution >= 4 is 16.7 Å². The molecular weight excluding hydrogens is 386 g/mol. The Morgan fingerprint density at radius 1 is 1.06 bits per heavy atom. The number of benzene rings is 2. The summed E-state index contributed by atoms with van der Waals surface area (Å²) in [4.78, 5) is 11.6. The highest BCUT2D eigenvalue weighted by molar-refractivity contribution is 5.84. The number of carbonyl (C=O) groups is 1. The Hall–Kier alpha value is -2.07. The highest BCUT2D eigenvalue weighted by atomic mass is 16.5. The standard InChI is InChI=1S/C27H39NO3/c1-6-30-26(29)15-19(2)28-18-20-7-8-22-17-25(12-9-21(22)16-20)31-24-13-10-23(11-14-24)27(3,4)5/h7-9,12,16-17,19,23-24,28H,6,10-11,13-15,18H2,1-5H3. The first-order chi connectivity index (χ1) is 14.7. The van der Waals surface area contributed by atoms with E-state index < -0.39 is 0 Å². The van der Waals surface area contributed by atoms with Crippen molar-refractivity contribution in [3.05, 3.63) is 42.0 Å². The highest BCUT2D eigenvalue weighted by Gasteiger charge is 2.30. The molecule has 170 valence electrons. The summed E-state index contributed by atoms with van der Waals surface area (Å²) in [5.74, 6) is 1.62. The Balaban J connectivity index is 1.54. The Bertz CT molecular complexity index is 862. The topological polar surface area (TPSA) is 47.6 Å². The van der Waals surface area contributed by atoms with Crippen LogP contribution in [0.2, 0.25) is 0 Å². The van der Waals surface area contributed by atoms with Crippen LogP contribution in [-0.4, -0.2) is 24.7 Å². The SMILES string of the molecule is CCOC(=O)CC(C)NCc1ccc2cc(OC3CCC(C(C)(C)C)CC3)ccc2c1. The third-order valence-electron chi connectivity index (χ3n) is 6.51. The molecule has 0 aromatic heterocycles. The zero-order valence-electron chi connectivity index (χ0n) is 19.9. The normalized spacial score (nSPS) is 20.4. The van der Waals surface area contributed by atoms with Crippen LogP contribution in [0.15, 0.2) is 36.4 Å². The van der Waals surface area contributed by atoms with Crippen LogP contribution >= 0.6 is 0 Å². The molecule has 0 radical (unpaired) electrons. The van der Waals surface area contributed by atoms with E-state index in [1.807, 2.05) is 13.8 Å². The van der Waals surface area contributed by atoms with Gasteiger partial charge in [-0.1, -0.05) is 39.0 Å². The van der Waals surface area contributed by atoms with Gasteiger partial charge in [0.25, 0.3) is 0 Å². The maximum absolute atomic E-state index is 11.6. The second kappa shape index (κ2) is 10.5. The molecule has 0 bridgehead atoms. The summed E-state index contributed by atoms with van der Waals surface area (Å²) in [5.41, 5.74) is 1.61. The number of rotatable bonds is 8. The molecule has 3 rings (SSSR count). The van der Waals surface area contributed by atoms with Gasteiger partial charge in [0.15, 0.2) is 0 Å². The van der Waals surface area contributed by atoms with Gasteiger partial charge in [0.05, 0.1) is 19.1 Å². The molecule has 31 heavy (non-hydrogen) atoms. The van der Waals surface area contributed by atoms with Crippen molar-refractivity contribution in [1.29, 1.82) is 0 Å². The Kier molecular flexibility index (Phi) is 7.99. The van der Waals surface area contributed by atoms with E-state index in [4.69, 9.17) is 9.47 Å². The molecule has 1 aliphatic rings. The summed E-state index contributed by atoms with van der Waals surface area (Å²) in [5, 5.41) is 5.81. The minimum atomic E-state index is -0.152. The van der Waals surface area contributed by atoms with Crippen molar-refractivity contribution in [2.75, 3.05) is 6.61 Å². The predicted octanol–water partition coefficient (Wildman–Crippen LogP) is 6.25. The average Bonchev–Trinajstić information content (AvgIpc) is 2.72. The second-order valence-corrected chi connectivity index (χ2v) is 10.1. The van der Waals surface area contributed by atoms with Crippen LogP contribution in [0.4, 0.5) is 0 Å². The van der Waals surface area contributed by atoms with Crippen molar-refractivity contribution in [3.63, 3.8) is 0 Å². The summed E-state index contributed by atoms with van der Waals surface area (Å²) >= 11 is 0. The van der Waals surface area contributed by atoms with E-state index in [-0.39, 0.29) is 12.0 Å². The summed E-state index contributed by atoms with van der Waals surface area (Å²) in [6.07, 6.45) is 5.53. The maximum atomic E-state index is 11.6. The molecule has 4 heteroatoms. The van der Waals surface area contributed by atoms with Crippen molar-refractivity contribution in [2.45, 2.75) is 85.4 Å². The van der Waals surface area contributed by atoms with Crippen LogP contribution in [0.1, 0.15) is 72.3 Å². The lowest BCUT2D eigenvalue weighted by molar-refractivity contribution is -0.143. The largest absolute Gasteiger partial charge is 0.490 e. The maximum Gasteiger partial charge on any atom is 0.307 e. The first-order valence-electron chi connectivity index (χ1n) is 11.8. The van der Waals surface area contributed by atoms with Crippen LogP contribution in [0, 0.1) is 11.3 Å². The van der Waals surface area contributed by atoms with Gasteiger partial charge in [-0.05, 0) is 85.4 Å². The van der Waals surface area contributed by atoms with Gasteiger partial charge in [0.2, 0.25) is 0 Å². The van der Waals surface area contributed by atoms with E-state index in [9.17, 15) is 4.79 Å². The van der Waals surface area contributed by atoms with Gasteiger partial charge in [-0.15, -0.1) is 0 Å². The van der Waals surface area contributed by atoms with Gasteiger partial charge in [0.1, 0.15) is 5.75 Å². The van der Waals surface area contributed by atoms with Crippen LogP contribution in [0.25, 0.3) is 10.8 Å². The van der Waals surface area contributed by atoms with Crippen molar-refractivity contribution in [1.82, 2.24) is 5.32 Å². The zero-order chi connectivity index (χ0) is 22.4. The molecule has 4 nitrogen and oxygen atoms in total. The molecule has 1 saturated carbocycles. The first kappa shape index (κ1) is 23.6. The average molecular weight is 426 g/mol. The fraction of sp³-hybridized carbons (Fsp3) is 0.593. The van der Waals surface area contributed by atoms with Gasteiger partial charge < -0.3 is 14.8 Å². The molecular formula is C27H39NO3. The number of esters is 1. The summed E-state index contributed by atoms with van der Waals surface area (Å²) in [7, 11) is 0. The minimum absolute atomic E-state index is 0.0823. The van der Waals surface area contributed by atoms with Gasteiger partial charge >= 0.3 is 5.97 Å². The van der Waals surface area contributed by atoms with Crippen LogP contribution in [0.5, 0.6) is 5.75 Å². The first-order valence-corrected chi connectivity index (χ1v) is 11.8. The molecule has 2 aromatic carbocycles. The Morgan fingerprint density at radius 3 is 2.42 bits per heavy atom. The molecule has 1 unspecified atom stereocenters. The lowest BCUT2D eigenvalue weighted by Crippen LogP contribution is -2.30. The van der Waals surface area contributed by atoms with Crippen molar-refractivity contribution in [2.24, 2.45) is 11.3 Å². The van der Waals surface area contributed by atoms with E-state index in [1.165, 1.54) is 29.2 Å². The third kappa shape index (κ3) is 6.96. The van der Waals surface area contributed by atoms with Crippen LogP contribution in [-0.2, 0) is 16.1 Å². The lowest BCUT2D eigenvalue weighted by atomic mass is 9.72. The molecule has 0 saturated heterocycles. The smallest absolute Gasteiger partial charge is 0.307 e. The number of hydrogen-bond donors (Lipinski definition) is 1. The Labute approximate surface area is 187 Å². The lowest BCUT2D eigenvalue weighted by Gasteiger charge is -2.37. The monoisotopic (exact) mass is 425 g/mol. The fourth-order valence-corrected chi connectivity index (χ4v) is 4.53. The summed E-state index contributed by atoms with van der Waals surface area (Å²) in [6.45, 7) is 12.1. The number of fused-ring (bicyclic) bond motifs is 1. The molecule has 1 atom stereocenters. The van der Waals surface area contributed by atoms with E-state index in [0.29, 0.717) is 24.5 Å². The molecule has 2 aromatic rings.